The fraction of sp³-hybridized carbons (Fsp3) is 0.600. The predicted molar refractivity (Wildman–Crippen MR) is 76.2 cm³/mol. The van der Waals surface area contributed by atoms with E-state index in [0.717, 1.165) is 26.1 Å². The molecule has 2 rings (SSSR count). The maximum Gasteiger partial charge on any atom is 0.0451 e. The monoisotopic (exact) mass is 248 g/mol. The first-order valence-electron chi connectivity index (χ1n) is 6.75. The van der Waals surface area contributed by atoms with Gasteiger partial charge in [-0.05, 0) is 44.5 Å². The molecule has 0 radical (unpaired) electrons. The molecule has 0 saturated carbocycles. The number of likely N-dealkylation sites (N-methyl/N-ethyl adjacent to an activating group) is 1. The zero-order chi connectivity index (χ0) is 13.1. The first-order valence-corrected chi connectivity index (χ1v) is 6.75. The van der Waals surface area contributed by atoms with Crippen LogP contribution in [0, 0.1) is 13.8 Å². The van der Waals surface area contributed by atoms with E-state index in [1.807, 2.05) is 0 Å². The molecule has 1 fully saturated rings. The summed E-state index contributed by atoms with van der Waals surface area (Å²) >= 11 is 0. The number of piperazine rings is 1. The van der Waals surface area contributed by atoms with E-state index in [-0.39, 0.29) is 6.61 Å². The normalized spacial score (nSPS) is 21.3. The third kappa shape index (κ3) is 2.85. The number of anilines is 1. The summed E-state index contributed by atoms with van der Waals surface area (Å²) in [5.41, 5.74) is 3.96. The van der Waals surface area contributed by atoms with Gasteiger partial charge in [0, 0.05) is 38.0 Å². The predicted octanol–water partition coefficient (Wildman–Crippen LogP) is 1.81. The van der Waals surface area contributed by atoms with E-state index in [4.69, 9.17) is 0 Å². The van der Waals surface area contributed by atoms with Gasteiger partial charge in [0.15, 0.2) is 0 Å². The number of aliphatic hydroxyl groups is 1. The maximum absolute atomic E-state index is 9.25. The molecule has 3 nitrogen and oxygen atoms in total. The van der Waals surface area contributed by atoms with Gasteiger partial charge in [0.2, 0.25) is 0 Å². The van der Waals surface area contributed by atoms with Crippen molar-refractivity contribution < 1.29 is 5.11 Å². The highest BCUT2D eigenvalue weighted by atomic mass is 16.3. The van der Waals surface area contributed by atoms with Crippen LogP contribution in [0.15, 0.2) is 18.2 Å². The highest BCUT2D eigenvalue weighted by Gasteiger charge is 2.25. The highest BCUT2D eigenvalue weighted by molar-refractivity contribution is 5.56. The number of hydrogen-bond donors (Lipinski definition) is 1. The zero-order valence-corrected chi connectivity index (χ0v) is 11.7. The summed E-state index contributed by atoms with van der Waals surface area (Å²) in [6.45, 7) is 7.75. The lowest BCUT2D eigenvalue weighted by atomic mass is 10.0. The van der Waals surface area contributed by atoms with E-state index < -0.39 is 0 Å². The Morgan fingerprint density at radius 3 is 2.78 bits per heavy atom. The first-order chi connectivity index (χ1) is 8.61. The van der Waals surface area contributed by atoms with Gasteiger partial charge in [-0.2, -0.15) is 0 Å². The third-order valence-electron chi connectivity index (χ3n) is 3.82. The van der Waals surface area contributed by atoms with Gasteiger partial charge in [-0.1, -0.05) is 12.1 Å². The van der Waals surface area contributed by atoms with Crippen molar-refractivity contribution in [3.63, 3.8) is 0 Å². The smallest absolute Gasteiger partial charge is 0.0451 e. The molecule has 1 saturated heterocycles. The van der Waals surface area contributed by atoms with E-state index in [0.29, 0.717) is 6.04 Å². The Balaban J connectivity index is 2.26. The van der Waals surface area contributed by atoms with Gasteiger partial charge in [-0.15, -0.1) is 0 Å². The molecule has 1 unspecified atom stereocenters. The molecule has 1 N–H and O–H groups in total. The van der Waals surface area contributed by atoms with Crippen LogP contribution in [0.5, 0.6) is 0 Å². The number of hydrogen-bond acceptors (Lipinski definition) is 3. The van der Waals surface area contributed by atoms with Crippen molar-refractivity contribution in [2.24, 2.45) is 0 Å². The van der Waals surface area contributed by atoms with Gasteiger partial charge in [0.25, 0.3) is 0 Å². The van der Waals surface area contributed by atoms with Crippen LogP contribution in [-0.4, -0.2) is 49.3 Å². The van der Waals surface area contributed by atoms with E-state index >= 15 is 0 Å². The second-order valence-corrected chi connectivity index (χ2v) is 5.41. The SMILES string of the molecule is Cc1ccc(C)c(N2CCN(C)CC2CCO)c1. The van der Waals surface area contributed by atoms with E-state index in [1.54, 1.807) is 0 Å². The summed E-state index contributed by atoms with van der Waals surface area (Å²) in [4.78, 5) is 4.82. The molecule has 0 spiro atoms. The fourth-order valence-corrected chi connectivity index (χ4v) is 2.75. The molecule has 0 bridgehead atoms. The summed E-state index contributed by atoms with van der Waals surface area (Å²) in [7, 11) is 2.16. The molecule has 100 valence electrons. The molecule has 1 aromatic carbocycles. The number of aryl methyl sites for hydroxylation is 2. The largest absolute Gasteiger partial charge is 0.396 e. The van der Waals surface area contributed by atoms with E-state index in [2.05, 4.69) is 48.9 Å². The minimum Gasteiger partial charge on any atom is -0.396 e. The van der Waals surface area contributed by atoms with Gasteiger partial charge in [-0.25, -0.2) is 0 Å². The van der Waals surface area contributed by atoms with Crippen molar-refractivity contribution >= 4 is 5.69 Å². The Labute approximate surface area is 110 Å². The molecule has 1 aliphatic heterocycles. The second-order valence-electron chi connectivity index (χ2n) is 5.41. The van der Waals surface area contributed by atoms with Crippen molar-refractivity contribution in [2.45, 2.75) is 26.3 Å². The average Bonchev–Trinajstić information content (AvgIpc) is 2.33. The van der Waals surface area contributed by atoms with Crippen LogP contribution in [0.2, 0.25) is 0 Å². The summed E-state index contributed by atoms with van der Waals surface area (Å²) in [5.74, 6) is 0. The van der Waals surface area contributed by atoms with Crippen LogP contribution in [0.25, 0.3) is 0 Å². The number of nitrogens with zero attached hydrogens (tertiary/aromatic N) is 2. The fourth-order valence-electron chi connectivity index (χ4n) is 2.75. The van der Waals surface area contributed by atoms with Crippen LogP contribution < -0.4 is 4.90 Å². The standard InChI is InChI=1S/C15H24N2O/c1-12-4-5-13(2)15(10-12)17-8-7-16(3)11-14(17)6-9-18/h4-5,10,14,18H,6-9,11H2,1-3H3. The summed E-state index contributed by atoms with van der Waals surface area (Å²) in [5, 5.41) is 9.25. The lowest BCUT2D eigenvalue weighted by molar-refractivity contribution is 0.219. The maximum atomic E-state index is 9.25. The molecule has 0 aliphatic carbocycles. The Bertz CT molecular complexity index is 405. The van der Waals surface area contributed by atoms with Crippen molar-refractivity contribution in [1.82, 2.24) is 4.90 Å². The minimum atomic E-state index is 0.264. The molecule has 1 aliphatic rings. The Morgan fingerprint density at radius 2 is 2.06 bits per heavy atom. The molecule has 1 heterocycles. The number of benzene rings is 1. The Hall–Kier alpha value is -1.06. The summed E-state index contributed by atoms with van der Waals surface area (Å²) < 4.78 is 0. The van der Waals surface area contributed by atoms with E-state index in [1.165, 1.54) is 16.8 Å². The highest BCUT2D eigenvalue weighted by Crippen LogP contribution is 2.26. The molecular formula is C15H24N2O. The van der Waals surface area contributed by atoms with Crippen molar-refractivity contribution in [2.75, 3.05) is 38.2 Å². The molecule has 18 heavy (non-hydrogen) atoms. The van der Waals surface area contributed by atoms with Crippen LogP contribution in [-0.2, 0) is 0 Å². The van der Waals surface area contributed by atoms with Crippen LogP contribution >= 0.6 is 0 Å². The first kappa shape index (κ1) is 13.4. The lowest BCUT2D eigenvalue weighted by Crippen LogP contribution is -2.52. The third-order valence-corrected chi connectivity index (χ3v) is 3.82. The Kier molecular flexibility index (Phi) is 4.25. The van der Waals surface area contributed by atoms with Crippen molar-refractivity contribution in [3.8, 4) is 0 Å². The van der Waals surface area contributed by atoms with Gasteiger partial charge in [0.05, 0.1) is 0 Å². The van der Waals surface area contributed by atoms with Crippen molar-refractivity contribution in [3.05, 3.63) is 29.3 Å². The lowest BCUT2D eigenvalue weighted by Gasteiger charge is -2.42. The van der Waals surface area contributed by atoms with Crippen LogP contribution in [0.1, 0.15) is 17.5 Å². The minimum absolute atomic E-state index is 0.264. The van der Waals surface area contributed by atoms with Gasteiger partial charge >= 0.3 is 0 Å². The topological polar surface area (TPSA) is 26.7 Å². The zero-order valence-electron chi connectivity index (χ0n) is 11.7. The second kappa shape index (κ2) is 5.72. The molecular weight excluding hydrogens is 224 g/mol. The number of rotatable bonds is 3. The van der Waals surface area contributed by atoms with Gasteiger partial charge < -0.3 is 14.9 Å². The van der Waals surface area contributed by atoms with Crippen molar-refractivity contribution in [1.29, 1.82) is 0 Å². The summed E-state index contributed by atoms with van der Waals surface area (Å²) in [6.07, 6.45) is 0.845. The number of aliphatic hydroxyl groups excluding tert-OH is 1. The van der Waals surface area contributed by atoms with Crippen LogP contribution in [0.4, 0.5) is 5.69 Å². The van der Waals surface area contributed by atoms with Gasteiger partial charge in [-0.3, -0.25) is 0 Å². The molecule has 3 heteroatoms. The summed E-state index contributed by atoms with van der Waals surface area (Å²) in [6, 6.07) is 7.05. The Morgan fingerprint density at radius 1 is 1.28 bits per heavy atom. The van der Waals surface area contributed by atoms with Gasteiger partial charge in [0.1, 0.15) is 0 Å². The molecule has 1 aromatic rings. The molecule has 1 atom stereocenters. The quantitative estimate of drug-likeness (QED) is 0.883. The van der Waals surface area contributed by atoms with E-state index in [9.17, 15) is 5.11 Å². The average molecular weight is 248 g/mol. The molecule has 0 amide bonds. The molecule has 0 aromatic heterocycles. The van der Waals surface area contributed by atoms with Crippen LogP contribution in [0.3, 0.4) is 0 Å².